The first kappa shape index (κ1) is 16.3. The summed E-state index contributed by atoms with van der Waals surface area (Å²) in [7, 11) is 0. The molecule has 1 aromatic carbocycles. The normalized spacial score (nSPS) is 22.8. The van der Waals surface area contributed by atoms with Crippen LogP contribution in [0.25, 0.3) is 0 Å². The first-order chi connectivity index (χ1) is 9.76. The molecule has 1 atom stereocenters. The lowest BCUT2D eigenvalue weighted by molar-refractivity contribution is -0.137. The first-order valence-electron chi connectivity index (χ1n) is 7.66. The van der Waals surface area contributed by atoms with Crippen LogP contribution in [0.3, 0.4) is 0 Å². The number of hydrogen-bond acceptors (Lipinski definition) is 1. The molecular formula is C17H24F3N. The maximum Gasteiger partial charge on any atom is 0.416 e. The third-order valence-electron chi connectivity index (χ3n) is 4.45. The highest BCUT2D eigenvalue weighted by atomic mass is 19.4. The molecule has 0 radical (unpaired) electrons. The zero-order valence-corrected chi connectivity index (χ0v) is 12.8. The van der Waals surface area contributed by atoms with E-state index in [1.54, 1.807) is 12.1 Å². The Labute approximate surface area is 124 Å². The van der Waals surface area contributed by atoms with Crippen LogP contribution in [-0.4, -0.2) is 6.04 Å². The minimum absolute atomic E-state index is 0.421. The van der Waals surface area contributed by atoms with Crippen LogP contribution in [0.2, 0.25) is 0 Å². The summed E-state index contributed by atoms with van der Waals surface area (Å²) in [5.74, 6) is 0. The number of hydrogen-bond donors (Lipinski definition) is 1. The lowest BCUT2D eigenvalue weighted by atomic mass is 9.85. The molecule has 1 N–H and O–H groups in total. The van der Waals surface area contributed by atoms with Gasteiger partial charge in [0, 0.05) is 12.6 Å². The van der Waals surface area contributed by atoms with Gasteiger partial charge < -0.3 is 5.32 Å². The van der Waals surface area contributed by atoms with Crippen LogP contribution in [0.5, 0.6) is 0 Å². The standard InChI is InChI=1S/C17H24F3N/c1-16(2)10-3-4-15(9-11-16)21-12-13-5-7-14(8-6-13)17(18,19)20/h5-8,15,21H,3-4,9-12H2,1-2H3. The number of rotatable bonds is 3. The first-order valence-corrected chi connectivity index (χ1v) is 7.66. The topological polar surface area (TPSA) is 12.0 Å². The van der Waals surface area contributed by atoms with Gasteiger partial charge in [-0.25, -0.2) is 0 Å². The molecule has 0 aliphatic heterocycles. The molecule has 118 valence electrons. The molecule has 1 nitrogen and oxygen atoms in total. The van der Waals surface area contributed by atoms with E-state index in [1.165, 1.54) is 19.3 Å². The third kappa shape index (κ3) is 5.03. The quantitative estimate of drug-likeness (QED) is 0.761. The summed E-state index contributed by atoms with van der Waals surface area (Å²) in [4.78, 5) is 0. The second-order valence-corrected chi connectivity index (χ2v) is 6.87. The highest BCUT2D eigenvalue weighted by molar-refractivity contribution is 5.24. The van der Waals surface area contributed by atoms with Gasteiger partial charge in [0.2, 0.25) is 0 Å². The van der Waals surface area contributed by atoms with E-state index in [9.17, 15) is 13.2 Å². The van der Waals surface area contributed by atoms with Gasteiger partial charge in [0.15, 0.2) is 0 Å². The molecule has 2 rings (SSSR count). The Morgan fingerprint density at radius 1 is 1.10 bits per heavy atom. The van der Waals surface area contributed by atoms with E-state index >= 15 is 0 Å². The van der Waals surface area contributed by atoms with Crippen molar-refractivity contribution in [2.75, 3.05) is 0 Å². The SMILES string of the molecule is CC1(C)CCCC(NCc2ccc(C(F)(F)F)cc2)CC1. The fourth-order valence-corrected chi connectivity index (χ4v) is 2.94. The van der Waals surface area contributed by atoms with E-state index in [1.807, 2.05) is 0 Å². The molecule has 1 fully saturated rings. The van der Waals surface area contributed by atoms with Crippen LogP contribution in [0, 0.1) is 5.41 Å². The summed E-state index contributed by atoms with van der Waals surface area (Å²) >= 11 is 0. The van der Waals surface area contributed by atoms with E-state index in [0.717, 1.165) is 30.5 Å². The van der Waals surface area contributed by atoms with Crippen molar-refractivity contribution in [1.82, 2.24) is 5.32 Å². The van der Waals surface area contributed by atoms with Crippen LogP contribution >= 0.6 is 0 Å². The van der Waals surface area contributed by atoms with Crippen molar-refractivity contribution in [3.63, 3.8) is 0 Å². The van der Waals surface area contributed by atoms with Gasteiger partial charge in [-0.15, -0.1) is 0 Å². The van der Waals surface area contributed by atoms with Gasteiger partial charge in [0.25, 0.3) is 0 Å². The zero-order valence-electron chi connectivity index (χ0n) is 12.8. The Balaban J connectivity index is 1.86. The molecule has 0 bridgehead atoms. The highest BCUT2D eigenvalue weighted by Gasteiger charge is 2.30. The largest absolute Gasteiger partial charge is 0.416 e. The Kier molecular flexibility index (Phi) is 4.97. The predicted molar refractivity (Wildman–Crippen MR) is 78.9 cm³/mol. The average molecular weight is 299 g/mol. The number of benzene rings is 1. The molecule has 0 aromatic heterocycles. The van der Waals surface area contributed by atoms with Crippen molar-refractivity contribution in [1.29, 1.82) is 0 Å². The van der Waals surface area contributed by atoms with Crippen LogP contribution < -0.4 is 5.32 Å². The second-order valence-electron chi connectivity index (χ2n) is 6.87. The molecule has 1 aromatic rings. The van der Waals surface area contributed by atoms with Crippen LogP contribution in [0.15, 0.2) is 24.3 Å². The molecule has 1 aliphatic rings. The molecule has 1 unspecified atom stereocenters. The molecule has 0 amide bonds. The monoisotopic (exact) mass is 299 g/mol. The maximum absolute atomic E-state index is 12.5. The third-order valence-corrected chi connectivity index (χ3v) is 4.45. The molecule has 1 saturated carbocycles. The Morgan fingerprint density at radius 2 is 1.76 bits per heavy atom. The summed E-state index contributed by atoms with van der Waals surface area (Å²) < 4.78 is 37.5. The van der Waals surface area contributed by atoms with Crippen molar-refractivity contribution >= 4 is 0 Å². The fourth-order valence-electron chi connectivity index (χ4n) is 2.94. The fraction of sp³-hybridized carbons (Fsp3) is 0.647. The summed E-state index contributed by atoms with van der Waals surface area (Å²) in [5, 5.41) is 3.49. The van der Waals surface area contributed by atoms with Crippen LogP contribution in [0.1, 0.15) is 57.1 Å². The summed E-state index contributed by atoms with van der Waals surface area (Å²) in [6, 6.07) is 5.93. The van der Waals surface area contributed by atoms with Gasteiger partial charge in [-0.3, -0.25) is 0 Å². The smallest absolute Gasteiger partial charge is 0.310 e. The van der Waals surface area contributed by atoms with Crippen molar-refractivity contribution in [3.05, 3.63) is 35.4 Å². The van der Waals surface area contributed by atoms with E-state index in [2.05, 4.69) is 19.2 Å². The van der Waals surface area contributed by atoms with Crippen LogP contribution in [-0.2, 0) is 12.7 Å². The van der Waals surface area contributed by atoms with E-state index in [4.69, 9.17) is 0 Å². The second kappa shape index (κ2) is 6.39. The maximum atomic E-state index is 12.5. The number of halogens is 3. The number of nitrogens with one attached hydrogen (secondary N) is 1. The predicted octanol–water partition coefficient (Wildman–Crippen LogP) is 5.15. The number of alkyl halides is 3. The highest BCUT2D eigenvalue weighted by Crippen LogP contribution is 2.34. The summed E-state index contributed by atoms with van der Waals surface area (Å²) in [6.07, 6.45) is 1.73. The molecule has 4 heteroatoms. The van der Waals surface area contributed by atoms with Crippen molar-refractivity contribution in [2.45, 2.75) is 64.7 Å². The van der Waals surface area contributed by atoms with Crippen molar-refractivity contribution in [3.8, 4) is 0 Å². The average Bonchev–Trinajstić information content (AvgIpc) is 2.57. The lowest BCUT2D eigenvalue weighted by Gasteiger charge is -2.22. The summed E-state index contributed by atoms with van der Waals surface area (Å²) in [6.45, 7) is 5.26. The van der Waals surface area contributed by atoms with Gasteiger partial charge in [-0.05, 0) is 48.8 Å². The lowest BCUT2D eigenvalue weighted by Crippen LogP contribution is -2.28. The van der Waals surface area contributed by atoms with E-state index < -0.39 is 11.7 Å². The van der Waals surface area contributed by atoms with Gasteiger partial charge in [-0.1, -0.05) is 32.4 Å². The molecule has 0 spiro atoms. The van der Waals surface area contributed by atoms with E-state index in [0.29, 0.717) is 18.0 Å². The van der Waals surface area contributed by atoms with Gasteiger partial charge in [0.05, 0.1) is 5.56 Å². The molecular weight excluding hydrogens is 275 g/mol. The minimum atomic E-state index is -4.25. The van der Waals surface area contributed by atoms with Crippen molar-refractivity contribution < 1.29 is 13.2 Å². The Bertz CT molecular complexity index is 448. The molecule has 21 heavy (non-hydrogen) atoms. The van der Waals surface area contributed by atoms with Gasteiger partial charge >= 0.3 is 6.18 Å². The van der Waals surface area contributed by atoms with Gasteiger partial charge in [-0.2, -0.15) is 13.2 Å². The van der Waals surface area contributed by atoms with Crippen LogP contribution in [0.4, 0.5) is 13.2 Å². The molecule has 0 saturated heterocycles. The summed E-state index contributed by atoms with van der Waals surface area (Å²) in [5.41, 5.74) is 0.749. The Hall–Kier alpha value is -1.03. The minimum Gasteiger partial charge on any atom is -0.310 e. The van der Waals surface area contributed by atoms with Crippen molar-refractivity contribution in [2.24, 2.45) is 5.41 Å². The molecule has 1 aliphatic carbocycles. The Morgan fingerprint density at radius 3 is 2.38 bits per heavy atom. The molecule has 0 heterocycles. The zero-order chi connectivity index (χ0) is 15.5. The van der Waals surface area contributed by atoms with Gasteiger partial charge in [0.1, 0.15) is 0 Å². The van der Waals surface area contributed by atoms with E-state index in [-0.39, 0.29) is 0 Å².